The molecule has 1 aromatic carbocycles. The predicted octanol–water partition coefficient (Wildman–Crippen LogP) is 1.02. The topological polar surface area (TPSA) is 85.2 Å². The highest BCUT2D eigenvalue weighted by Gasteiger charge is 2.20. The highest BCUT2D eigenvalue weighted by molar-refractivity contribution is 7.90. The van der Waals surface area contributed by atoms with Crippen LogP contribution in [0, 0.1) is 0 Å². The Morgan fingerprint density at radius 2 is 1.65 bits per heavy atom. The second-order valence-corrected chi connectivity index (χ2v) is 7.61. The van der Waals surface area contributed by atoms with Crippen molar-refractivity contribution in [3.8, 4) is 0 Å². The Bertz CT molecular complexity index is 793. The minimum absolute atomic E-state index is 0.0844. The molecule has 0 amide bonds. The summed E-state index contributed by atoms with van der Waals surface area (Å²) in [5.41, 5.74) is 0. The van der Waals surface area contributed by atoms with Crippen molar-refractivity contribution < 1.29 is 16.8 Å². The van der Waals surface area contributed by atoms with Gasteiger partial charge < -0.3 is 0 Å². The van der Waals surface area contributed by atoms with E-state index < -0.39 is 20.0 Å². The standard InChI is InChI=1S/C12H14N2O4S2/c1-2-13-19(15,16)12-8-9-14(10-12)20(17,18)11-6-4-3-5-7-11/h3-10,13H,2H2,1H3. The van der Waals surface area contributed by atoms with Gasteiger partial charge in [0.25, 0.3) is 10.0 Å². The number of benzene rings is 1. The fourth-order valence-corrected chi connectivity index (χ4v) is 3.98. The van der Waals surface area contributed by atoms with Crippen molar-refractivity contribution in [1.82, 2.24) is 8.69 Å². The minimum Gasteiger partial charge on any atom is -0.248 e. The molecule has 0 aliphatic heterocycles. The van der Waals surface area contributed by atoms with Gasteiger partial charge in [0.15, 0.2) is 0 Å². The maximum Gasteiger partial charge on any atom is 0.267 e. The lowest BCUT2D eigenvalue weighted by Gasteiger charge is -2.05. The zero-order valence-corrected chi connectivity index (χ0v) is 12.4. The summed E-state index contributed by atoms with van der Waals surface area (Å²) in [4.78, 5) is 0.0156. The molecular formula is C12H14N2O4S2. The van der Waals surface area contributed by atoms with Crippen LogP contribution in [0.5, 0.6) is 0 Å². The first kappa shape index (κ1) is 14.8. The minimum atomic E-state index is -3.77. The normalized spacial score (nSPS) is 12.4. The number of hydrogen-bond acceptors (Lipinski definition) is 4. The Morgan fingerprint density at radius 1 is 1.00 bits per heavy atom. The van der Waals surface area contributed by atoms with E-state index in [0.717, 1.165) is 10.2 Å². The van der Waals surface area contributed by atoms with Gasteiger partial charge in [-0.15, -0.1) is 0 Å². The third kappa shape index (κ3) is 2.77. The molecule has 0 radical (unpaired) electrons. The van der Waals surface area contributed by atoms with Crippen LogP contribution >= 0.6 is 0 Å². The van der Waals surface area contributed by atoms with Crippen LogP contribution in [0.15, 0.2) is 58.6 Å². The predicted molar refractivity (Wildman–Crippen MR) is 74.3 cm³/mol. The van der Waals surface area contributed by atoms with E-state index in [2.05, 4.69) is 4.72 Å². The van der Waals surface area contributed by atoms with E-state index in [4.69, 9.17) is 0 Å². The van der Waals surface area contributed by atoms with Crippen molar-refractivity contribution in [3.05, 3.63) is 48.8 Å². The Labute approximate surface area is 118 Å². The summed E-state index contributed by atoms with van der Waals surface area (Å²) in [6, 6.07) is 9.06. The van der Waals surface area contributed by atoms with Crippen LogP contribution in [0.25, 0.3) is 0 Å². The van der Waals surface area contributed by atoms with Crippen LogP contribution in [-0.4, -0.2) is 27.4 Å². The number of hydrogen-bond donors (Lipinski definition) is 1. The van der Waals surface area contributed by atoms with Crippen molar-refractivity contribution >= 4 is 20.0 Å². The first-order valence-electron chi connectivity index (χ1n) is 5.86. The Balaban J connectivity index is 2.44. The van der Waals surface area contributed by atoms with E-state index in [1.807, 2.05) is 0 Å². The quantitative estimate of drug-likeness (QED) is 0.893. The maximum atomic E-state index is 12.3. The van der Waals surface area contributed by atoms with E-state index in [1.54, 1.807) is 25.1 Å². The molecule has 0 saturated carbocycles. The molecule has 2 rings (SSSR count). The monoisotopic (exact) mass is 314 g/mol. The summed E-state index contributed by atoms with van der Waals surface area (Å²) in [5, 5.41) is 0. The highest BCUT2D eigenvalue weighted by atomic mass is 32.2. The maximum absolute atomic E-state index is 12.3. The van der Waals surface area contributed by atoms with Gasteiger partial charge >= 0.3 is 0 Å². The van der Waals surface area contributed by atoms with E-state index in [-0.39, 0.29) is 16.3 Å². The van der Waals surface area contributed by atoms with Crippen molar-refractivity contribution in [3.63, 3.8) is 0 Å². The number of nitrogens with zero attached hydrogens (tertiary/aromatic N) is 1. The van der Waals surface area contributed by atoms with Gasteiger partial charge in [0.2, 0.25) is 10.0 Å². The molecule has 0 saturated heterocycles. The largest absolute Gasteiger partial charge is 0.267 e. The van der Waals surface area contributed by atoms with E-state index >= 15 is 0 Å². The second-order valence-electron chi connectivity index (χ2n) is 4.00. The fraction of sp³-hybridized carbons (Fsp3) is 0.167. The summed E-state index contributed by atoms with van der Waals surface area (Å²) in [7, 11) is -7.44. The highest BCUT2D eigenvalue weighted by Crippen LogP contribution is 2.17. The van der Waals surface area contributed by atoms with Gasteiger partial charge in [-0.2, -0.15) is 0 Å². The average Bonchev–Trinajstić information content (AvgIpc) is 2.91. The molecule has 2 aromatic rings. The van der Waals surface area contributed by atoms with Crippen molar-refractivity contribution in [2.45, 2.75) is 16.7 Å². The molecule has 0 spiro atoms. The molecule has 0 unspecified atom stereocenters. The molecule has 8 heteroatoms. The van der Waals surface area contributed by atoms with Gasteiger partial charge in [-0.25, -0.2) is 25.5 Å². The average molecular weight is 314 g/mol. The van der Waals surface area contributed by atoms with Crippen LogP contribution < -0.4 is 4.72 Å². The SMILES string of the molecule is CCNS(=O)(=O)c1ccn(S(=O)(=O)c2ccccc2)c1. The molecule has 0 fully saturated rings. The summed E-state index contributed by atoms with van der Waals surface area (Å²) >= 11 is 0. The first-order valence-corrected chi connectivity index (χ1v) is 8.78. The lowest BCUT2D eigenvalue weighted by molar-refractivity contribution is 0.583. The van der Waals surface area contributed by atoms with Gasteiger partial charge in [-0.05, 0) is 18.2 Å². The first-order chi connectivity index (χ1) is 9.38. The van der Waals surface area contributed by atoms with Crippen molar-refractivity contribution in [1.29, 1.82) is 0 Å². The molecule has 20 heavy (non-hydrogen) atoms. The van der Waals surface area contributed by atoms with Gasteiger partial charge in [0.05, 0.1) is 4.90 Å². The molecule has 0 aliphatic carbocycles. The summed E-state index contributed by atoms with van der Waals surface area (Å²) in [6.07, 6.45) is 2.30. The molecular weight excluding hydrogens is 300 g/mol. The molecule has 0 aliphatic rings. The summed E-state index contributed by atoms with van der Waals surface area (Å²) < 4.78 is 51.3. The Kier molecular flexibility index (Phi) is 3.98. The number of rotatable bonds is 5. The zero-order valence-electron chi connectivity index (χ0n) is 10.7. The summed E-state index contributed by atoms with van der Waals surface area (Å²) in [5.74, 6) is 0. The van der Waals surface area contributed by atoms with Gasteiger partial charge in [0.1, 0.15) is 4.90 Å². The zero-order chi connectivity index (χ0) is 14.8. The van der Waals surface area contributed by atoms with Gasteiger partial charge in [0, 0.05) is 18.9 Å². The van der Waals surface area contributed by atoms with E-state index in [9.17, 15) is 16.8 Å². The fourth-order valence-electron chi connectivity index (χ4n) is 1.65. The molecule has 0 atom stereocenters. The molecule has 1 N–H and O–H groups in total. The van der Waals surface area contributed by atoms with Crippen LogP contribution in [0.4, 0.5) is 0 Å². The molecule has 1 aromatic heterocycles. The molecule has 6 nitrogen and oxygen atoms in total. The third-order valence-corrected chi connectivity index (χ3v) is 5.78. The lowest BCUT2D eigenvalue weighted by atomic mass is 10.4. The Morgan fingerprint density at radius 3 is 2.25 bits per heavy atom. The molecule has 1 heterocycles. The van der Waals surface area contributed by atoms with Crippen LogP contribution in [0.3, 0.4) is 0 Å². The Hall–Kier alpha value is -1.64. The van der Waals surface area contributed by atoms with Crippen LogP contribution in [0.1, 0.15) is 6.92 Å². The third-order valence-electron chi connectivity index (χ3n) is 2.60. The number of aromatic nitrogens is 1. The van der Waals surface area contributed by atoms with Crippen molar-refractivity contribution in [2.24, 2.45) is 0 Å². The van der Waals surface area contributed by atoms with E-state index in [1.165, 1.54) is 24.4 Å². The smallest absolute Gasteiger partial charge is 0.248 e. The van der Waals surface area contributed by atoms with E-state index in [0.29, 0.717) is 0 Å². The van der Waals surface area contributed by atoms with Crippen molar-refractivity contribution in [2.75, 3.05) is 6.54 Å². The van der Waals surface area contributed by atoms with Gasteiger partial charge in [-0.3, -0.25) is 0 Å². The second kappa shape index (κ2) is 5.39. The lowest BCUT2D eigenvalue weighted by Crippen LogP contribution is -2.22. The molecule has 0 bridgehead atoms. The summed E-state index contributed by atoms with van der Waals surface area (Å²) in [6.45, 7) is 1.88. The van der Waals surface area contributed by atoms with Crippen LogP contribution in [-0.2, 0) is 20.0 Å². The van der Waals surface area contributed by atoms with Gasteiger partial charge in [-0.1, -0.05) is 25.1 Å². The number of nitrogens with one attached hydrogen (secondary N) is 1. The van der Waals surface area contributed by atoms with Crippen LogP contribution in [0.2, 0.25) is 0 Å². The number of sulfonamides is 1. The molecule has 108 valence electrons.